The maximum absolute atomic E-state index is 3.53. The molecule has 1 aliphatic rings. The second-order valence-corrected chi connectivity index (χ2v) is 4.53. The standard InChI is InChI=1S/C11H24N2/c1-4-12-11-5-7-13(8-6-11)9-10(2)3/h10-12H,4-9H2,1-3H3. The molecule has 2 heteroatoms. The largest absolute Gasteiger partial charge is 0.314 e. The number of nitrogens with zero attached hydrogens (tertiary/aromatic N) is 1. The van der Waals surface area contributed by atoms with Crippen molar-refractivity contribution in [2.24, 2.45) is 5.92 Å². The summed E-state index contributed by atoms with van der Waals surface area (Å²) in [7, 11) is 0. The number of hydrogen-bond acceptors (Lipinski definition) is 2. The molecule has 0 bridgehead atoms. The summed E-state index contributed by atoms with van der Waals surface area (Å²) in [6.07, 6.45) is 2.67. The minimum absolute atomic E-state index is 0.786. The summed E-state index contributed by atoms with van der Waals surface area (Å²) in [4.78, 5) is 2.60. The normalized spacial score (nSPS) is 21.2. The lowest BCUT2D eigenvalue weighted by atomic mass is 10.0. The van der Waals surface area contributed by atoms with Gasteiger partial charge in [-0.05, 0) is 38.4 Å². The molecule has 0 spiro atoms. The van der Waals surface area contributed by atoms with E-state index >= 15 is 0 Å². The molecule has 78 valence electrons. The highest BCUT2D eigenvalue weighted by atomic mass is 15.1. The predicted molar refractivity (Wildman–Crippen MR) is 58.0 cm³/mol. The number of rotatable bonds is 4. The lowest BCUT2D eigenvalue weighted by Crippen LogP contribution is -2.43. The Kier molecular flexibility index (Phi) is 4.74. The average molecular weight is 184 g/mol. The molecular formula is C11H24N2. The topological polar surface area (TPSA) is 15.3 Å². The van der Waals surface area contributed by atoms with Crippen molar-refractivity contribution in [3.05, 3.63) is 0 Å². The zero-order valence-corrected chi connectivity index (χ0v) is 9.34. The summed E-state index contributed by atoms with van der Waals surface area (Å²) in [5, 5.41) is 3.53. The van der Waals surface area contributed by atoms with Gasteiger partial charge < -0.3 is 10.2 Å². The number of nitrogens with one attached hydrogen (secondary N) is 1. The van der Waals surface area contributed by atoms with Crippen molar-refractivity contribution in [2.75, 3.05) is 26.2 Å². The molecule has 0 radical (unpaired) electrons. The molecule has 1 rings (SSSR count). The molecule has 0 aromatic carbocycles. The third-order valence-corrected chi connectivity index (χ3v) is 2.70. The Hall–Kier alpha value is -0.0800. The first-order chi connectivity index (χ1) is 6.22. The number of piperidine rings is 1. The van der Waals surface area contributed by atoms with Gasteiger partial charge in [0.25, 0.3) is 0 Å². The molecule has 0 unspecified atom stereocenters. The van der Waals surface area contributed by atoms with E-state index < -0.39 is 0 Å². The first kappa shape index (κ1) is 11.0. The zero-order chi connectivity index (χ0) is 9.68. The summed E-state index contributed by atoms with van der Waals surface area (Å²) in [5.41, 5.74) is 0. The summed E-state index contributed by atoms with van der Waals surface area (Å²) < 4.78 is 0. The minimum atomic E-state index is 0.786. The second kappa shape index (κ2) is 5.61. The van der Waals surface area contributed by atoms with Crippen LogP contribution in [0.5, 0.6) is 0 Å². The maximum Gasteiger partial charge on any atom is 0.00912 e. The third kappa shape index (κ3) is 4.10. The lowest BCUT2D eigenvalue weighted by Gasteiger charge is -2.33. The molecule has 0 atom stereocenters. The van der Waals surface area contributed by atoms with Gasteiger partial charge in [0.05, 0.1) is 0 Å². The van der Waals surface area contributed by atoms with Gasteiger partial charge in [0.1, 0.15) is 0 Å². The van der Waals surface area contributed by atoms with Gasteiger partial charge in [0.15, 0.2) is 0 Å². The van der Waals surface area contributed by atoms with Crippen LogP contribution < -0.4 is 5.32 Å². The smallest absolute Gasteiger partial charge is 0.00912 e. The highest BCUT2D eigenvalue weighted by molar-refractivity contribution is 4.76. The van der Waals surface area contributed by atoms with Crippen LogP contribution in [-0.4, -0.2) is 37.1 Å². The molecule has 13 heavy (non-hydrogen) atoms. The molecule has 0 aliphatic carbocycles. The van der Waals surface area contributed by atoms with Gasteiger partial charge in [0.2, 0.25) is 0 Å². The van der Waals surface area contributed by atoms with Gasteiger partial charge in [0, 0.05) is 12.6 Å². The SMILES string of the molecule is CCNC1CCN(CC(C)C)CC1. The van der Waals surface area contributed by atoms with Crippen molar-refractivity contribution in [3.8, 4) is 0 Å². The van der Waals surface area contributed by atoms with Crippen LogP contribution in [0.2, 0.25) is 0 Å². The van der Waals surface area contributed by atoms with Crippen LogP contribution in [0.1, 0.15) is 33.6 Å². The Labute approximate surface area is 82.7 Å². The van der Waals surface area contributed by atoms with Crippen LogP contribution >= 0.6 is 0 Å². The fourth-order valence-electron chi connectivity index (χ4n) is 2.12. The van der Waals surface area contributed by atoms with Gasteiger partial charge >= 0.3 is 0 Å². The van der Waals surface area contributed by atoms with E-state index in [-0.39, 0.29) is 0 Å². The molecule has 1 N–H and O–H groups in total. The monoisotopic (exact) mass is 184 g/mol. The summed E-state index contributed by atoms with van der Waals surface area (Å²) in [6, 6.07) is 0.786. The summed E-state index contributed by atoms with van der Waals surface area (Å²) >= 11 is 0. The first-order valence-electron chi connectivity index (χ1n) is 5.68. The summed E-state index contributed by atoms with van der Waals surface area (Å²) in [5.74, 6) is 0.815. The van der Waals surface area contributed by atoms with E-state index in [4.69, 9.17) is 0 Å². The van der Waals surface area contributed by atoms with Gasteiger partial charge in [-0.1, -0.05) is 20.8 Å². The quantitative estimate of drug-likeness (QED) is 0.715. The van der Waals surface area contributed by atoms with Gasteiger partial charge in [-0.25, -0.2) is 0 Å². The molecule has 0 aromatic rings. The molecular weight excluding hydrogens is 160 g/mol. The fraction of sp³-hybridized carbons (Fsp3) is 1.00. The Balaban J connectivity index is 2.15. The van der Waals surface area contributed by atoms with E-state index in [0.29, 0.717) is 0 Å². The highest BCUT2D eigenvalue weighted by Gasteiger charge is 2.18. The zero-order valence-electron chi connectivity index (χ0n) is 9.34. The Bertz CT molecular complexity index is 126. The van der Waals surface area contributed by atoms with E-state index in [2.05, 4.69) is 31.0 Å². The third-order valence-electron chi connectivity index (χ3n) is 2.70. The van der Waals surface area contributed by atoms with Crippen LogP contribution in [0, 0.1) is 5.92 Å². The van der Waals surface area contributed by atoms with Crippen molar-refractivity contribution < 1.29 is 0 Å². The van der Waals surface area contributed by atoms with E-state index in [1.54, 1.807) is 0 Å². The Morgan fingerprint density at radius 2 is 1.92 bits per heavy atom. The lowest BCUT2D eigenvalue weighted by molar-refractivity contribution is 0.181. The van der Waals surface area contributed by atoms with Crippen LogP contribution in [0.4, 0.5) is 0 Å². The van der Waals surface area contributed by atoms with E-state index in [9.17, 15) is 0 Å². The maximum atomic E-state index is 3.53. The minimum Gasteiger partial charge on any atom is -0.314 e. The van der Waals surface area contributed by atoms with E-state index in [1.807, 2.05) is 0 Å². The van der Waals surface area contributed by atoms with Crippen molar-refractivity contribution in [2.45, 2.75) is 39.7 Å². The van der Waals surface area contributed by atoms with Crippen molar-refractivity contribution in [1.82, 2.24) is 10.2 Å². The van der Waals surface area contributed by atoms with Crippen molar-refractivity contribution in [3.63, 3.8) is 0 Å². The summed E-state index contributed by atoms with van der Waals surface area (Å²) in [6.45, 7) is 11.8. The molecule has 0 amide bonds. The van der Waals surface area contributed by atoms with Gasteiger partial charge in [-0.3, -0.25) is 0 Å². The Morgan fingerprint density at radius 1 is 1.31 bits per heavy atom. The van der Waals surface area contributed by atoms with Crippen molar-refractivity contribution in [1.29, 1.82) is 0 Å². The van der Waals surface area contributed by atoms with E-state index in [1.165, 1.54) is 32.5 Å². The predicted octanol–water partition coefficient (Wildman–Crippen LogP) is 1.72. The average Bonchev–Trinajstić information content (AvgIpc) is 2.08. The molecule has 1 saturated heterocycles. The number of hydrogen-bond donors (Lipinski definition) is 1. The molecule has 2 nitrogen and oxygen atoms in total. The highest BCUT2D eigenvalue weighted by Crippen LogP contribution is 2.11. The van der Waals surface area contributed by atoms with Gasteiger partial charge in [-0.15, -0.1) is 0 Å². The molecule has 1 fully saturated rings. The second-order valence-electron chi connectivity index (χ2n) is 4.53. The number of likely N-dealkylation sites (tertiary alicyclic amines) is 1. The van der Waals surface area contributed by atoms with Gasteiger partial charge in [-0.2, -0.15) is 0 Å². The van der Waals surface area contributed by atoms with Crippen LogP contribution in [0.25, 0.3) is 0 Å². The Morgan fingerprint density at radius 3 is 2.38 bits per heavy atom. The fourth-order valence-corrected chi connectivity index (χ4v) is 2.12. The van der Waals surface area contributed by atoms with Crippen molar-refractivity contribution >= 4 is 0 Å². The van der Waals surface area contributed by atoms with Crippen LogP contribution in [0.15, 0.2) is 0 Å². The molecule has 0 aromatic heterocycles. The van der Waals surface area contributed by atoms with Crippen LogP contribution in [0.3, 0.4) is 0 Å². The molecule has 1 aliphatic heterocycles. The van der Waals surface area contributed by atoms with Crippen LogP contribution in [-0.2, 0) is 0 Å². The van der Waals surface area contributed by atoms with E-state index in [0.717, 1.165) is 18.5 Å². The first-order valence-corrected chi connectivity index (χ1v) is 5.68. The molecule has 1 heterocycles. The molecule has 0 saturated carbocycles.